The van der Waals surface area contributed by atoms with Crippen LogP contribution in [0.15, 0.2) is 15.9 Å². The Kier molecular flexibility index (Phi) is 4.15. The molecule has 2 heterocycles. The van der Waals surface area contributed by atoms with Crippen molar-refractivity contribution in [2.45, 2.75) is 19.9 Å². The highest BCUT2D eigenvalue weighted by Crippen LogP contribution is 2.30. The lowest BCUT2D eigenvalue weighted by Gasteiger charge is -2.20. The van der Waals surface area contributed by atoms with Gasteiger partial charge in [-0.2, -0.15) is 0 Å². The lowest BCUT2D eigenvalue weighted by Crippen LogP contribution is -2.40. The summed E-state index contributed by atoms with van der Waals surface area (Å²) in [4.78, 5) is 25.7. The molecule has 1 aliphatic rings. The average molecular weight is 347 g/mol. The third-order valence-electron chi connectivity index (χ3n) is 3.32. The highest BCUT2D eigenvalue weighted by Gasteiger charge is 2.42. The van der Waals surface area contributed by atoms with E-state index >= 15 is 0 Å². The number of carbonyl (C=O) groups excluding carboxylic acids is 1. The molecule has 1 aromatic heterocycles. The van der Waals surface area contributed by atoms with Crippen molar-refractivity contribution < 1.29 is 14.7 Å². The summed E-state index contributed by atoms with van der Waals surface area (Å²) in [6, 6.07) is 3.68. The molecule has 1 atom stereocenters. The summed E-state index contributed by atoms with van der Waals surface area (Å²) in [5.41, 5.74) is -0.816. The van der Waals surface area contributed by atoms with Crippen molar-refractivity contribution in [3.8, 4) is 0 Å². The number of rotatable bonds is 3. The van der Waals surface area contributed by atoms with Crippen LogP contribution >= 0.6 is 27.3 Å². The van der Waals surface area contributed by atoms with Gasteiger partial charge in [0.2, 0.25) is 0 Å². The zero-order valence-electron chi connectivity index (χ0n) is 10.5. The molecule has 0 aliphatic carbocycles. The zero-order valence-corrected chi connectivity index (χ0v) is 12.9. The number of thiophene rings is 1. The number of halogens is 1. The smallest absolute Gasteiger partial charge is 0.317 e. The predicted octanol–water partition coefficient (Wildman–Crippen LogP) is 2.52. The highest BCUT2D eigenvalue weighted by atomic mass is 79.9. The summed E-state index contributed by atoms with van der Waals surface area (Å²) in [5, 5.41) is 11.9. The number of nitrogens with one attached hydrogen (secondary N) is 1. The second-order valence-electron chi connectivity index (χ2n) is 4.90. The average Bonchev–Trinajstić information content (AvgIpc) is 2.94. The fourth-order valence-corrected chi connectivity index (χ4v) is 3.45. The molecular weight excluding hydrogens is 332 g/mol. The van der Waals surface area contributed by atoms with E-state index in [0.717, 1.165) is 8.66 Å². The van der Waals surface area contributed by atoms with E-state index in [1.807, 2.05) is 12.1 Å². The highest BCUT2D eigenvalue weighted by molar-refractivity contribution is 9.11. The Labute approximate surface area is 123 Å². The lowest BCUT2D eigenvalue weighted by atomic mass is 9.90. The quantitative estimate of drug-likeness (QED) is 0.883. The molecule has 0 radical (unpaired) electrons. The van der Waals surface area contributed by atoms with Gasteiger partial charge in [0.15, 0.2) is 0 Å². The standard InChI is InChI=1S/C12H15BrN2O3S/c1-12(10(16)17)4-5-15(7-12)11(18)14-6-8-2-3-9(13)19-8/h2-3H,4-7H2,1H3,(H,14,18)(H,16,17). The third-order valence-corrected chi connectivity index (χ3v) is 4.94. The number of carboxylic acid groups (broad SMARTS) is 1. The molecule has 2 rings (SSSR count). The minimum Gasteiger partial charge on any atom is -0.481 e. The molecule has 104 valence electrons. The zero-order chi connectivity index (χ0) is 14.0. The van der Waals surface area contributed by atoms with Crippen LogP contribution in [-0.2, 0) is 11.3 Å². The summed E-state index contributed by atoms with van der Waals surface area (Å²) < 4.78 is 1.02. The van der Waals surface area contributed by atoms with Gasteiger partial charge in [0.05, 0.1) is 15.7 Å². The lowest BCUT2D eigenvalue weighted by molar-refractivity contribution is -0.146. The number of likely N-dealkylation sites (tertiary alicyclic amines) is 1. The summed E-state index contributed by atoms with van der Waals surface area (Å²) in [6.45, 7) is 2.90. The first-order chi connectivity index (χ1) is 8.90. The fourth-order valence-electron chi connectivity index (χ4n) is 2.03. The van der Waals surface area contributed by atoms with Crippen molar-refractivity contribution in [2.24, 2.45) is 5.41 Å². The van der Waals surface area contributed by atoms with Crippen LogP contribution in [-0.4, -0.2) is 35.1 Å². The Balaban J connectivity index is 1.86. The number of hydrogen-bond donors (Lipinski definition) is 2. The van der Waals surface area contributed by atoms with Gasteiger partial charge >= 0.3 is 12.0 Å². The topological polar surface area (TPSA) is 69.6 Å². The van der Waals surface area contributed by atoms with E-state index in [4.69, 9.17) is 5.11 Å². The summed E-state index contributed by atoms with van der Waals surface area (Å²) in [5.74, 6) is -0.843. The molecule has 1 unspecified atom stereocenters. The van der Waals surface area contributed by atoms with Crippen molar-refractivity contribution in [1.29, 1.82) is 0 Å². The maximum Gasteiger partial charge on any atom is 0.317 e. The third kappa shape index (κ3) is 3.27. The number of hydrogen-bond acceptors (Lipinski definition) is 3. The number of carboxylic acids is 1. The van der Waals surface area contributed by atoms with E-state index in [1.165, 1.54) is 0 Å². The van der Waals surface area contributed by atoms with Gasteiger partial charge in [0.1, 0.15) is 0 Å². The van der Waals surface area contributed by atoms with Crippen LogP contribution in [0.4, 0.5) is 4.79 Å². The van der Waals surface area contributed by atoms with Gasteiger partial charge in [0.25, 0.3) is 0 Å². The van der Waals surface area contributed by atoms with E-state index in [0.29, 0.717) is 19.5 Å². The molecule has 0 bridgehead atoms. The summed E-state index contributed by atoms with van der Waals surface area (Å²) >= 11 is 4.93. The van der Waals surface area contributed by atoms with Crippen LogP contribution in [0, 0.1) is 5.41 Å². The fraction of sp³-hybridized carbons (Fsp3) is 0.500. The van der Waals surface area contributed by atoms with E-state index in [1.54, 1.807) is 23.2 Å². The molecule has 19 heavy (non-hydrogen) atoms. The molecule has 1 saturated heterocycles. The van der Waals surface area contributed by atoms with Crippen molar-refractivity contribution in [3.63, 3.8) is 0 Å². The monoisotopic (exact) mass is 346 g/mol. The summed E-state index contributed by atoms with van der Waals surface area (Å²) in [6.07, 6.45) is 0.500. The SMILES string of the molecule is CC1(C(=O)O)CCN(C(=O)NCc2ccc(Br)s2)C1. The minimum atomic E-state index is -0.843. The normalized spacial score (nSPS) is 22.5. The first-order valence-electron chi connectivity index (χ1n) is 5.91. The number of carbonyl (C=O) groups is 2. The van der Waals surface area contributed by atoms with E-state index < -0.39 is 11.4 Å². The van der Waals surface area contributed by atoms with Gasteiger partial charge in [-0.15, -0.1) is 11.3 Å². The molecule has 1 fully saturated rings. The molecule has 2 N–H and O–H groups in total. The largest absolute Gasteiger partial charge is 0.481 e. The van der Waals surface area contributed by atoms with Crippen molar-refractivity contribution in [2.75, 3.05) is 13.1 Å². The Hall–Kier alpha value is -1.08. The number of nitrogens with zero attached hydrogens (tertiary/aromatic N) is 1. The van der Waals surface area contributed by atoms with Crippen LogP contribution in [0.2, 0.25) is 0 Å². The van der Waals surface area contributed by atoms with Crippen molar-refractivity contribution >= 4 is 39.3 Å². The molecule has 5 nitrogen and oxygen atoms in total. The van der Waals surface area contributed by atoms with Crippen LogP contribution in [0.5, 0.6) is 0 Å². The number of amides is 2. The first-order valence-corrected chi connectivity index (χ1v) is 7.52. The molecule has 0 spiro atoms. The maximum absolute atomic E-state index is 12.0. The van der Waals surface area contributed by atoms with Gasteiger partial charge in [-0.1, -0.05) is 0 Å². The van der Waals surface area contributed by atoms with Crippen molar-refractivity contribution in [3.05, 3.63) is 20.8 Å². The maximum atomic E-state index is 12.0. The Bertz CT molecular complexity index is 505. The molecule has 2 amide bonds. The minimum absolute atomic E-state index is 0.200. The van der Waals surface area contributed by atoms with Gasteiger partial charge in [-0.25, -0.2) is 4.79 Å². The van der Waals surface area contributed by atoms with Gasteiger partial charge in [0, 0.05) is 18.0 Å². The van der Waals surface area contributed by atoms with Crippen LogP contribution in [0.3, 0.4) is 0 Å². The van der Waals surface area contributed by atoms with E-state index in [-0.39, 0.29) is 12.6 Å². The molecule has 0 aromatic carbocycles. The van der Waals surface area contributed by atoms with E-state index in [9.17, 15) is 9.59 Å². The molecular formula is C12H15BrN2O3S. The summed E-state index contributed by atoms with van der Waals surface area (Å²) in [7, 11) is 0. The molecule has 0 saturated carbocycles. The number of aliphatic carboxylic acids is 1. The van der Waals surface area contributed by atoms with E-state index in [2.05, 4.69) is 21.2 Å². The van der Waals surface area contributed by atoms with Gasteiger partial charge < -0.3 is 15.3 Å². The van der Waals surface area contributed by atoms with Crippen LogP contribution in [0.1, 0.15) is 18.2 Å². The second-order valence-corrected chi connectivity index (χ2v) is 7.45. The van der Waals surface area contributed by atoms with Crippen LogP contribution < -0.4 is 5.32 Å². The Morgan fingerprint density at radius 3 is 2.84 bits per heavy atom. The first kappa shape index (κ1) is 14.3. The molecule has 1 aromatic rings. The Morgan fingerprint density at radius 2 is 2.32 bits per heavy atom. The second kappa shape index (κ2) is 5.50. The van der Waals surface area contributed by atoms with Crippen molar-refractivity contribution in [1.82, 2.24) is 10.2 Å². The van der Waals surface area contributed by atoms with Gasteiger partial charge in [-0.05, 0) is 41.4 Å². The molecule has 7 heteroatoms. The molecule has 1 aliphatic heterocycles. The van der Waals surface area contributed by atoms with Gasteiger partial charge in [-0.3, -0.25) is 4.79 Å². The van der Waals surface area contributed by atoms with Crippen LogP contribution in [0.25, 0.3) is 0 Å². The predicted molar refractivity (Wildman–Crippen MR) is 76.2 cm³/mol. The number of urea groups is 1. The Morgan fingerprint density at radius 1 is 1.58 bits per heavy atom.